The molecule has 0 spiro atoms. The molecule has 0 unspecified atom stereocenters. The molecule has 118 heavy (non-hydrogen) atoms. The fourth-order valence-corrected chi connectivity index (χ4v) is 26.7. The van der Waals surface area contributed by atoms with E-state index in [-0.39, 0.29) is 78.5 Å². The summed E-state index contributed by atoms with van der Waals surface area (Å²) in [7, 11) is 0. The van der Waals surface area contributed by atoms with Gasteiger partial charge in [-0.25, -0.2) is 54.8 Å². The van der Waals surface area contributed by atoms with E-state index in [2.05, 4.69) is 129 Å². The van der Waals surface area contributed by atoms with E-state index in [4.69, 9.17) is 54.0 Å². The maximum atomic E-state index is 13.0. The Hall–Kier alpha value is -10.5. The number of carbonyl (C=O) groups excluding carboxylic acids is 1. The molecule has 12 N–H and O–H groups in total. The van der Waals surface area contributed by atoms with E-state index < -0.39 is 18.4 Å². The van der Waals surface area contributed by atoms with Gasteiger partial charge in [-0.1, -0.05) is 36.4 Å². The molecule has 0 fully saturated rings. The number of ketones is 1. The minimum atomic E-state index is -2.24. The van der Waals surface area contributed by atoms with E-state index in [1.54, 1.807) is 67.1 Å². The number of pyridine rings is 6. The van der Waals surface area contributed by atoms with Gasteiger partial charge in [0.05, 0.1) is 49.2 Å². The first-order valence-electron chi connectivity index (χ1n) is 39.3. The van der Waals surface area contributed by atoms with Crippen LogP contribution in [0.1, 0.15) is 171 Å². The Kier molecular flexibility index (Phi) is 39.8. The zero-order valence-electron chi connectivity index (χ0n) is 71.0. The molecule has 0 bridgehead atoms. The summed E-state index contributed by atoms with van der Waals surface area (Å²) in [6.45, 7) is 46.2. The fourth-order valence-electron chi connectivity index (χ4n) is 11.7. The van der Waals surface area contributed by atoms with Crippen molar-refractivity contribution in [3.63, 3.8) is 0 Å². The molecule has 10 rings (SSSR count). The molecule has 10 aromatic rings. The quantitative estimate of drug-likeness (QED) is 0.00615. The summed E-state index contributed by atoms with van der Waals surface area (Å²) < 4.78 is 26.5. The van der Waals surface area contributed by atoms with Gasteiger partial charge in [-0.05, 0) is 129 Å². The van der Waals surface area contributed by atoms with Crippen LogP contribution in [0.4, 0.5) is 52.4 Å². The first kappa shape index (κ1) is 98.1. The Balaban J connectivity index is 0.000000264. The third-order valence-corrected chi connectivity index (χ3v) is 32.5. The maximum Gasteiger partial charge on any atom is 0.262 e. The molecule has 0 aliphatic carbocycles. The van der Waals surface area contributed by atoms with Crippen molar-refractivity contribution in [3.8, 4) is 0 Å². The molecule has 0 radical (unpaired) electrons. The minimum Gasteiger partial charge on any atom is -0.395 e. The summed E-state index contributed by atoms with van der Waals surface area (Å²) in [4.78, 5) is 94.8. The first-order chi connectivity index (χ1) is 55.9. The fraction of sp³-hybridized carbons (Fsp3) is 0.440. The molecule has 638 valence electrons. The molecule has 34 heteroatoms. The van der Waals surface area contributed by atoms with Gasteiger partial charge in [-0.15, -0.1) is 0 Å². The van der Waals surface area contributed by atoms with Crippen LogP contribution in [0.3, 0.4) is 0 Å². The average molecular weight is 1770 g/mol. The number of halogens is 2. The number of Topliss-reactive ketones (excluding diaryl/α,β-unsaturated/α-hetero) is 1. The molecule has 0 atom stereocenters. The number of aliphatic hydroxyl groups excluding tert-OH is 3. The van der Waals surface area contributed by atoms with Crippen molar-refractivity contribution >= 4 is 144 Å². The average Bonchev–Trinajstić information content (AvgIpc) is 0.784. The van der Waals surface area contributed by atoms with Crippen molar-refractivity contribution in [2.45, 2.75) is 199 Å². The largest absolute Gasteiger partial charge is 0.395 e. The molecular weight excluding hydrogens is 1650 g/mol. The molecule has 0 aliphatic rings. The van der Waals surface area contributed by atoms with Crippen LogP contribution in [0.25, 0.3) is 43.8 Å². The van der Waals surface area contributed by atoms with E-state index in [9.17, 15) is 29.4 Å². The predicted octanol–water partition coefficient (Wildman–Crippen LogP) is 15.4. The van der Waals surface area contributed by atoms with Gasteiger partial charge in [0.1, 0.15) is 117 Å². The van der Waals surface area contributed by atoms with E-state index in [1.807, 2.05) is 82.2 Å². The Morgan fingerprint density at radius 2 is 0.805 bits per heavy atom. The SMILES string of the molecule is C=C(OCC)c1cc(N)ncn1.C=C(OCC)c1cc(Nc2cc3ccn(CCO)c(=O)c3c(NC(C)(C)C)n2)ncn1.C=[C](OCC)[Sn]([CH2]CCC)([CH2]CCC)[CH2]CCC.CC(=O)c1cc(Nc2cc3ccn(CCO)c(=O)c3c(NC(C)(C)C)n2)ncn1.CC(C)(C)Nc1nc(Cl)cc2ccn(CCO)c(=O)c12.Nc1cc(Cl)ncn1. The van der Waals surface area contributed by atoms with Crippen molar-refractivity contribution < 1.29 is 34.3 Å². The van der Waals surface area contributed by atoms with Crippen LogP contribution < -0.4 is 54.7 Å². The normalized spacial score (nSPS) is 11.2. The number of nitrogens with one attached hydrogen (secondary N) is 5. The molecular formula is C84H119Cl2N21O10Sn. The van der Waals surface area contributed by atoms with Gasteiger partial charge in [0, 0.05) is 86.0 Å². The first-order valence-corrected chi connectivity index (χ1v) is 47.5. The van der Waals surface area contributed by atoms with E-state index in [0.29, 0.717) is 126 Å². The van der Waals surface area contributed by atoms with Gasteiger partial charge in [0.15, 0.2) is 5.78 Å². The zero-order chi connectivity index (χ0) is 87.5. The Morgan fingerprint density at radius 3 is 1.14 bits per heavy atom. The van der Waals surface area contributed by atoms with Crippen LogP contribution in [0.5, 0.6) is 0 Å². The summed E-state index contributed by atoms with van der Waals surface area (Å²) in [5.74, 6) is 4.91. The molecule has 0 aliphatic heterocycles. The molecule has 31 nitrogen and oxygen atoms in total. The van der Waals surface area contributed by atoms with E-state index in [1.165, 1.54) is 108 Å². The maximum absolute atomic E-state index is 13.0. The monoisotopic (exact) mass is 1770 g/mol. The zero-order valence-corrected chi connectivity index (χ0v) is 75.4. The number of unbranched alkanes of at least 4 members (excludes halogenated alkanes) is 3. The van der Waals surface area contributed by atoms with E-state index in [0.717, 1.165) is 17.4 Å². The minimum absolute atomic E-state index is 0.0888. The third kappa shape index (κ3) is 31.8. The predicted molar refractivity (Wildman–Crippen MR) is 480 cm³/mol. The summed E-state index contributed by atoms with van der Waals surface area (Å²) in [5, 5.41) is 47.7. The van der Waals surface area contributed by atoms with Crippen molar-refractivity contribution in [3.05, 3.63) is 187 Å². The molecule has 0 aromatic carbocycles. The van der Waals surface area contributed by atoms with Crippen molar-refractivity contribution in [1.82, 2.24) is 68.5 Å². The smallest absolute Gasteiger partial charge is 0.262 e. The topological polar surface area (TPSA) is 425 Å². The Morgan fingerprint density at radius 1 is 0.458 bits per heavy atom. The van der Waals surface area contributed by atoms with Crippen LogP contribution in [-0.2, 0) is 33.8 Å². The number of aromatic nitrogens is 14. The summed E-state index contributed by atoms with van der Waals surface area (Å²) in [6, 6.07) is 17.0. The van der Waals surface area contributed by atoms with Gasteiger partial charge in [0.2, 0.25) is 0 Å². The van der Waals surface area contributed by atoms with Crippen LogP contribution >= 0.6 is 23.2 Å². The molecule has 10 aromatic heterocycles. The summed E-state index contributed by atoms with van der Waals surface area (Å²) in [6.07, 6.45) is 18.5. The number of nitrogen functional groups attached to an aromatic ring is 2. The number of ether oxygens (including phenoxy) is 3. The van der Waals surface area contributed by atoms with Crippen LogP contribution in [0, 0.1) is 0 Å². The third-order valence-electron chi connectivity index (χ3n) is 17.0. The van der Waals surface area contributed by atoms with Gasteiger partial charge < -0.3 is 76.5 Å². The van der Waals surface area contributed by atoms with Gasteiger partial charge in [0.25, 0.3) is 16.7 Å². The van der Waals surface area contributed by atoms with Crippen molar-refractivity contribution in [1.29, 1.82) is 0 Å². The standard InChI is InChI=1S/C22H28N6O3.C20H24N6O3.C14H18ClN3O2.C8H11N3O.C4H4ClN3.C4H7O.3C4H9.Sn/c1-6-31-14(2)16-12-17(24-13-23-16)25-18-11-15-7-8-28(9-10-29)21(30)19(15)20(26-18)27-22(3,4)5;1-12(28)14-10-15(22-11-21-14)23-16-9-13-5-6-26(7-8-27)19(29)17(13)18(24-16)25-20(2,3)4;1-14(2,3)17-12-11-9(8-10(15)16-12)4-5-18(6-7-19)13(11)20;1-3-12-6(2)7-4-8(9)11-5-10-7;5-3-1-4(6)8-2-7-3;1-3-5-4-2;3*1-3-4-2;/h7-8,11-13,29H,2,6,9-10H2,1,3-5H3,(H2,23,24,25,26,27);5-6,9-11,27H,7-8H2,1-4H3,(H2,21,22,23,24,25);4-5,8,19H,6-7H2,1-3H3,(H,16,17);4-5H,2-3H2,1H3,(H2,9,10,11);1-2H,(H2,6,7,8);1,4H2,2H3;3*1,3-4H2,2H3;. The number of hydrogen-bond donors (Lipinski definition) is 10. The Labute approximate surface area is 705 Å². The molecule has 0 amide bonds. The van der Waals surface area contributed by atoms with Gasteiger partial charge >= 0.3 is 120 Å². The number of nitrogens with zero attached hydrogens (tertiary/aromatic N) is 14. The summed E-state index contributed by atoms with van der Waals surface area (Å²) in [5.41, 5.74) is 10.6. The molecule has 0 saturated carbocycles. The number of carbonyl (C=O) groups is 1. The summed E-state index contributed by atoms with van der Waals surface area (Å²) >= 11 is 9.18. The molecule has 0 saturated heterocycles. The number of anilines is 9. The van der Waals surface area contributed by atoms with Crippen LogP contribution in [0.15, 0.2) is 142 Å². The van der Waals surface area contributed by atoms with Gasteiger partial charge in [-0.3, -0.25) is 19.2 Å². The second-order valence-corrected chi connectivity index (χ2v) is 44.2. The van der Waals surface area contributed by atoms with Crippen LogP contribution in [0.2, 0.25) is 23.6 Å². The molecule has 10 heterocycles. The van der Waals surface area contributed by atoms with Gasteiger partial charge in [-0.2, -0.15) is 0 Å². The number of nitrogens with two attached hydrogens (primary N) is 2. The second-order valence-electron chi connectivity index (χ2n) is 30.3. The number of hydrogen-bond acceptors (Lipinski definition) is 28. The van der Waals surface area contributed by atoms with Crippen LogP contribution in [-0.4, -0.2) is 164 Å². The van der Waals surface area contributed by atoms with E-state index >= 15 is 0 Å². The number of rotatable bonds is 32. The second kappa shape index (κ2) is 47.8. The number of aliphatic hydroxyl groups is 3. The van der Waals surface area contributed by atoms with Crippen molar-refractivity contribution in [2.24, 2.45) is 0 Å². The number of fused-ring (bicyclic) bond motifs is 3. The Bertz CT molecular complexity index is 5110. The van der Waals surface area contributed by atoms with Crippen molar-refractivity contribution in [2.75, 3.05) is 77.7 Å².